The summed E-state index contributed by atoms with van der Waals surface area (Å²) in [4.78, 5) is 67.6. The Hall–Kier alpha value is -7.79. The van der Waals surface area contributed by atoms with Gasteiger partial charge in [0.25, 0.3) is 0 Å². The van der Waals surface area contributed by atoms with Crippen LogP contribution in [0.15, 0.2) is 121 Å². The van der Waals surface area contributed by atoms with E-state index in [9.17, 15) is 85.3 Å². The molecule has 12 N–H and O–H groups in total. The Balaban J connectivity index is 1.25. The van der Waals surface area contributed by atoms with Crippen LogP contribution < -0.4 is 0 Å². The zero-order valence-electron chi connectivity index (χ0n) is 47.0. The minimum Gasteiger partial charge on any atom is -0.508 e. The Kier molecular flexibility index (Phi) is 23.1. The Morgan fingerprint density at radius 1 is 0.472 bits per heavy atom. The highest BCUT2D eigenvalue weighted by Crippen LogP contribution is 2.42. The molecule has 29 heteroatoms. The fourth-order valence-electron chi connectivity index (χ4n) is 9.61. The summed E-state index contributed by atoms with van der Waals surface area (Å²) in [6.45, 7) is -4.19. The first-order chi connectivity index (χ1) is 42.6. The largest absolute Gasteiger partial charge is 0.508 e. The monoisotopic (exact) mass is 1250 g/mol. The molecule has 0 amide bonds. The van der Waals surface area contributed by atoms with Crippen LogP contribution in [0.1, 0.15) is 34.0 Å². The van der Waals surface area contributed by atoms with Crippen LogP contribution in [0.25, 0.3) is 18.2 Å². The van der Waals surface area contributed by atoms with Crippen molar-refractivity contribution < 1.29 is 142 Å². The highest BCUT2D eigenvalue weighted by molar-refractivity contribution is 5.90. The molecule has 4 aliphatic heterocycles. The molecule has 0 aromatic heterocycles. The molecule has 0 bridgehead atoms. The number of aliphatic hydroxyl groups excluding tert-OH is 9. The third-order valence-electron chi connectivity index (χ3n) is 14.3. The van der Waals surface area contributed by atoms with Crippen LogP contribution in [0.5, 0.6) is 17.2 Å². The highest BCUT2D eigenvalue weighted by Gasteiger charge is 2.64. The van der Waals surface area contributed by atoms with Gasteiger partial charge < -0.3 is 118 Å². The molecule has 0 saturated carbocycles. The second-order valence-electron chi connectivity index (χ2n) is 20.6. The number of hydrogen-bond acceptors (Lipinski definition) is 29. The summed E-state index contributed by atoms with van der Waals surface area (Å²) >= 11 is 0. The number of phenolic OH excluding ortho intramolecular Hbond substituents is 3. The van der Waals surface area contributed by atoms with E-state index in [0.29, 0.717) is 16.7 Å². The van der Waals surface area contributed by atoms with Crippen molar-refractivity contribution >= 4 is 48.1 Å². The second-order valence-corrected chi connectivity index (χ2v) is 20.6. The number of ether oxygens (including phenoxy) is 12. The molecule has 0 radical (unpaired) electrons. The predicted octanol–water partition coefficient (Wildman–Crippen LogP) is -1.40. The van der Waals surface area contributed by atoms with E-state index in [1.54, 1.807) is 6.07 Å². The van der Waals surface area contributed by atoms with Gasteiger partial charge in [-0.3, -0.25) is 4.79 Å². The maximum atomic E-state index is 14.2. The van der Waals surface area contributed by atoms with Gasteiger partial charge in [0.05, 0.1) is 18.8 Å². The van der Waals surface area contributed by atoms with E-state index in [-0.39, 0.29) is 22.8 Å². The summed E-state index contributed by atoms with van der Waals surface area (Å²) in [5, 5.41) is 130. The predicted molar refractivity (Wildman–Crippen MR) is 296 cm³/mol. The van der Waals surface area contributed by atoms with E-state index in [4.69, 9.17) is 56.8 Å². The smallest absolute Gasteiger partial charge is 0.338 e. The van der Waals surface area contributed by atoms with Gasteiger partial charge in [-0.15, -0.1) is 0 Å². The van der Waals surface area contributed by atoms with Gasteiger partial charge in [-0.2, -0.15) is 0 Å². The van der Waals surface area contributed by atoms with E-state index in [0.717, 1.165) is 25.2 Å². The molecule has 0 spiro atoms. The normalized spacial score (nSPS) is 32.2. The SMILES string of the molecule is CC(=O)OC[C@H]1O[C@H](O[C@@]2(COC(=O)/C=C\c3ccc(O)cc3)O[C@@H](CO)[C@H](O)[C@@H]2OC(=O)c2ccccc2)[C@@H](O[C@H]2O[C@@H](CO)[C@H](O)[C@H](O)[C@@H]2O)[C@@H](O[C@H]2O[C@@H](COC(=O)/C=C\c3ccc(O)cc3)[C@H](O)[C@H](O)[C@H]2O)[C@H]1OC(=O)/C=C\c1ccc(O)cc1. The Bertz CT molecular complexity index is 3090. The van der Waals surface area contributed by atoms with Gasteiger partial charge in [0.2, 0.25) is 5.79 Å². The number of carbonyl (C=O) groups excluding carboxylic acids is 5. The molecule has 4 heterocycles. The minimum atomic E-state index is -2.94. The first-order valence-corrected chi connectivity index (χ1v) is 27.5. The summed E-state index contributed by atoms with van der Waals surface area (Å²) < 4.78 is 72.1. The zero-order chi connectivity index (χ0) is 64.1. The van der Waals surface area contributed by atoms with Gasteiger partial charge in [0, 0.05) is 25.2 Å². The lowest BCUT2D eigenvalue weighted by atomic mass is 9.95. The maximum absolute atomic E-state index is 14.2. The van der Waals surface area contributed by atoms with Crippen molar-refractivity contribution in [3.05, 3.63) is 144 Å². The Morgan fingerprint density at radius 2 is 0.933 bits per heavy atom. The van der Waals surface area contributed by atoms with Crippen LogP contribution in [0.4, 0.5) is 0 Å². The molecule has 4 aliphatic rings. The number of esters is 5. The molecule has 19 atom stereocenters. The van der Waals surface area contributed by atoms with Crippen LogP contribution in [0.2, 0.25) is 0 Å². The lowest BCUT2D eigenvalue weighted by Crippen LogP contribution is -2.69. The Morgan fingerprint density at radius 3 is 1.45 bits per heavy atom. The number of aliphatic hydroxyl groups is 9. The molecule has 4 fully saturated rings. The van der Waals surface area contributed by atoms with Gasteiger partial charge in [0.15, 0.2) is 31.1 Å². The number of hydrogen-bond donors (Lipinski definition) is 12. The van der Waals surface area contributed by atoms with E-state index in [2.05, 4.69) is 0 Å². The first-order valence-electron chi connectivity index (χ1n) is 27.5. The fourth-order valence-corrected chi connectivity index (χ4v) is 9.61. The van der Waals surface area contributed by atoms with Crippen molar-refractivity contribution in [2.45, 2.75) is 123 Å². The second kappa shape index (κ2) is 30.6. The quantitative estimate of drug-likeness (QED) is 0.0231. The van der Waals surface area contributed by atoms with E-state index >= 15 is 0 Å². The molecular weight excluding hydrogens is 1180 g/mol. The number of rotatable bonds is 23. The molecule has 480 valence electrons. The third kappa shape index (κ3) is 17.1. The zero-order valence-corrected chi connectivity index (χ0v) is 47.0. The van der Waals surface area contributed by atoms with Gasteiger partial charge >= 0.3 is 29.8 Å². The fraction of sp³-hybridized carbons (Fsp3) is 0.417. The van der Waals surface area contributed by atoms with Gasteiger partial charge in [-0.05, 0) is 83.4 Å². The molecule has 4 aromatic carbocycles. The molecule has 8 rings (SSSR count). The molecule has 0 unspecified atom stereocenters. The molecule has 4 aromatic rings. The van der Waals surface area contributed by atoms with Gasteiger partial charge in [-0.1, -0.05) is 54.6 Å². The standard InChI is InChI=1S/C60H66O29/c1-30(63)78-28-41-52(84-44(69)24-15-33-11-20-37(66)21-12-33)53(85-58-51(76)49(74)46(71)40(82-58)27-79-42(67)22-13-31-7-16-35(64)17-8-31)54(86-57-50(75)48(73)45(70)38(25-61)81-57)59(83-41)89-60(29-80-43(68)23-14-32-9-18-36(65)19-10-32)55(47(72)39(26-62)88-60)87-56(77)34-5-3-2-4-6-34/h2-24,38-41,45-55,57-59,61-62,64-66,70-76H,25-29H2,1H3/b22-13-,23-14-,24-15-/t38-,39-,40-,41+,45-,46-,47-,48-,49-,50-,51+,52-,53-,54-,55-,57+,58+,59+,60+/m0/s1. The number of phenols is 3. The molecule has 89 heavy (non-hydrogen) atoms. The topological polar surface area (TPSA) is 439 Å². The van der Waals surface area contributed by atoms with Crippen molar-refractivity contribution in [3.63, 3.8) is 0 Å². The molecule has 4 saturated heterocycles. The van der Waals surface area contributed by atoms with Crippen LogP contribution in [-0.2, 0) is 76.0 Å². The molecule has 0 aliphatic carbocycles. The Labute approximate surface area is 505 Å². The van der Waals surface area contributed by atoms with Crippen molar-refractivity contribution in [1.29, 1.82) is 0 Å². The van der Waals surface area contributed by atoms with Crippen LogP contribution in [0, 0.1) is 0 Å². The van der Waals surface area contributed by atoms with Crippen LogP contribution >= 0.6 is 0 Å². The number of aromatic hydroxyl groups is 3. The van der Waals surface area contributed by atoms with Crippen molar-refractivity contribution in [3.8, 4) is 17.2 Å². The van der Waals surface area contributed by atoms with Crippen LogP contribution in [-0.4, -0.2) is 240 Å². The van der Waals surface area contributed by atoms with Crippen molar-refractivity contribution in [2.75, 3.05) is 33.0 Å². The molecule has 29 nitrogen and oxygen atoms in total. The summed E-state index contributed by atoms with van der Waals surface area (Å²) in [5.41, 5.74) is 1.05. The van der Waals surface area contributed by atoms with E-state index in [1.807, 2.05) is 0 Å². The summed E-state index contributed by atoms with van der Waals surface area (Å²) in [7, 11) is 0. The highest BCUT2D eigenvalue weighted by atomic mass is 16.8. The first kappa shape index (κ1) is 67.1. The average Bonchev–Trinajstić information content (AvgIpc) is 1.83. The molecular formula is C60H66O29. The average molecular weight is 1250 g/mol. The summed E-state index contributed by atoms with van der Waals surface area (Å²) in [6, 6.07) is 23.8. The van der Waals surface area contributed by atoms with Crippen LogP contribution in [0.3, 0.4) is 0 Å². The lowest BCUT2D eigenvalue weighted by Gasteiger charge is -2.50. The van der Waals surface area contributed by atoms with Gasteiger partial charge in [0.1, 0.15) is 116 Å². The minimum absolute atomic E-state index is 0.0540. The lowest BCUT2D eigenvalue weighted by molar-refractivity contribution is -0.421. The third-order valence-corrected chi connectivity index (χ3v) is 14.3. The number of carbonyl (C=O) groups is 5. The van der Waals surface area contributed by atoms with E-state index in [1.165, 1.54) is 115 Å². The maximum Gasteiger partial charge on any atom is 0.338 e. The van der Waals surface area contributed by atoms with Crippen molar-refractivity contribution in [1.82, 2.24) is 0 Å². The number of benzene rings is 4. The summed E-state index contributed by atoms with van der Waals surface area (Å²) in [6.07, 6.45) is -31.9. The van der Waals surface area contributed by atoms with Gasteiger partial charge in [-0.25, -0.2) is 19.2 Å². The van der Waals surface area contributed by atoms with E-state index < -0.39 is 179 Å². The summed E-state index contributed by atoms with van der Waals surface area (Å²) in [5.74, 6) is -8.81. The van der Waals surface area contributed by atoms with Crippen molar-refractivity contribution in [2.24, 2.45) is 0 Å².